The van der Waals surface area contributed by atoms with Crippen LogP contribution in [0, 0.1) is 28.5 Å². The van der Waals surface area contributed by atoms with Crippen LogP contribution >= 0.6 is 0 Å². The Morgan fingerprint density at radius 2 is 2.06 bits per heavy atom. The summed E-state index contributed by atoms with van der Waals surface area (Å²) < 4.78 is 18.9. The summed E-state index contributed by atoms with van der Waals surface area (Å²) in [7, 11) is 0. The first kappa shape index (κ1) is 13.5. The molecule has 0 aliphatic rings. The van der Waals surface area contributed by atoms with Gasteiger partial charge in [0, 0.05) is 6.20 Å². The fourth-order valence-electron chi connectivity index (χ4n) is 1.22. The zero-order valence-electron chi connectivity index (χ0n) is 10.1. The monoisotopic (exact) mass is 245 g/mol. The van der Waals surface area contributed by atoms with Crippen molar-refractivity contribution in [1.82, 2.24) is 0 Å². The summed E-state index contributed by atoms with van der Waals surface area (Å²) in [6.45, 7) is 3.56. The molecule has 1 aromatic rings. The van der Waals surface area contributed by atoms with E-state index in [0.717, 1.165) is 0 Å². The second-order valence-electron chi connectivity index (χ2n) is 3.71. The van der Waals surface area contributed by atoms with Gasteiger partial charge in [0.2, 0.25) is 0 Å². The van der Waals surface area contributed by atoms with E-state index in [-0.39, 0.29) is 17.4 Å². The maximum absolute atomic E-state index is 13.6. The van der Waals surface area contributed by atoms with Gasteiger partial charge in [-0.05, 0) is 26.0 Å². The average Bonchev–Trinajstić information content (AvgIpc) is 2.34. The summed E-state index contributed by atoms with van der Waals surface area (Å²) in [5, 5.41) is 19.9. The van der Waals surface area contributed by atoms with Crippen molar-refractivity contribution in [3.05, 3.63) is 35.8 Å². The number of nitriles is 2. The van der Waals surface area contributed by atoms with Crippen molar-refractivity contribution in [1.29, 1.82) is 10.5 Å². The van der Waals surface area contributed by atoms with Crippen molar-refractivity contribution in [3.63, 3.8) is 0 Å². The molecule has 0 fully saturated rings. The summed E-state index contributed by atoms with van der Waals surface area (Å²) in [5.41, 5.74) is 0.265. The molecule has 5 heteroatoms. The normalized spacial score (nSPS) is 9.22. The van der Waals surface area contributed by atoms with E-state index in [1.54, 1.807) is 32.1 Å². The lowest BCUT2D eigenvalue weighted by Gasteiger charge is -2.14. The molecule has 0 spiro atoms. The average molecular weight is 245 g/mol. The first-order valence-electron chi connectivity index (χ1n) is 5.30. The first-order chi connectivity index (χ1) is 8.58. The number of halogens is 1. The van der Waals surface area contributed by atoms with Gasteiger partial charge < -0.3 is 10.1 Å². The highest BCUT2D eigenvalue weighted by Crippen LogP contribution is 2.28. The zero-order valence-corrected chi connectivity index (χ0v) is 10.1. The topological polar surface area (TPSA) is 68.8 Å². The molecule has 18 heavy (non-hydrogen) atoms. The van der Waals surface area contributed by atoms with Crippen LogP contribution < -0.4 is 10.1 Å². The summed E-state index contributed by atoms with van der Waals surface area (Å²) in [4.78, 5) is 0. The molecule has 1 N–H and O–H groups in total. The second-order valence-corrected chi connectivity index (χ2v) is 3.71. The number of benzene rings is 1. The van der Waals surface area contributed by atoms with Gasteiger partial charge >= 0.3 is 0 Å². The third-order valence-corrected chi connectivity index (χ3v) is 1.93. The van der Waals surface area contributed by atoms with Crippen LogP contribution in [0.1, 0.15) is 13.8 Å². The van der Waals surface area contributed by atoms with Gasteiger partial charge in [-0.15, -0.1) is 0 Å². The first-order valence-corrected chi connectivity index (χ1v) is 5.30. The van der Waals surface area contributed by atoms with Gasteiger partial charge in [-0.2, -0.15) is 10.5 Å². The molecule has 92 valence electrons. The number of nitrogens with one attached hydrogen (secondary N) is 1. The number of anilines is 1. The molecule has 0 bridgehead atoms. The number of ether oxygens (including phenoxy) is 1. The lowest BCUT2D eigenvalue weighted by atomic mass is 10.2. The van der Waals surface area contributed by atoms with E-state index in [1.165, 1.54) is 18.3 Å². The van der Waals surface area contributed by atoms with Crippen molar-refractivity contribution in [2.45, 2.75) is 20.0 Å². The molecule has 0 atom stereocenters. The van der Waals surface area contributed by atoms with E-state index in [1.807, 2.05) is 0 Å². The van der Waals surface area contributed by atoms with E-state index in [4.69, 9.17) is 15.3 Å². The maximum atomic E-state index is 13.6. The molecule has 0 saturated heterocycles. The minimum atomic E-state index is -0.502. The standard InChI is InChI=1S/C13H12FN3O/c1-9(2)18-13-11(14)4-3-5-12(13)17-8-10(6-15)7-16/h3-5,8-9,17H,1-2H3. The number of nitrogens with zero attached hydrogens (tertiary/aromatic N) is 2. The highest BCUT2D eigenvalue weighted by atomic mass is 19.1. The summed E-state index contributed by atoms with van der Waals surface area (Å²) >= 11 is 0. The van der Waals surface area contributed by atoms with E-state index >= 15 is 0 Å². The molecule has 1 rings (SSSR count). The maximum Gasteiger partial charge on any atom is 0.178 e. The Hall–Kier alpha value is -2.53. The van der Waals surface area contributed by atoms with Crippen molar-refractivity contribution < 1.29 is 9.13 Å². The summed E-state index contributed by atoms with van der Waals surface area (Å²) in [6.07, 6.45) is 1.03. The van der Waals surface area contributed by atoms with E-state index < -0.39 is 5.82 Å². The van der Waals surface area contributed by atoms with Crippen LogP contribution in [0.2, 0.25) is 0 Å². The molecule has 0 heterocycles. The van der Waals surface area contributed by atoms with Crippen molar-refractivity contribution in [2.24, 2.45) is 0 Å². The molecule has 0 unspecified atom stereocenters. The number of hydrogen-bond donors (Lipinski definition) is 1. The Balaban J connectivity index is 3.03. The van der Waals surface area contributed by atoms with E-state index in [2.05, 4.69) is 5.32 Å². The Labute approximate surface area is 105 Å². The van der Waals surface area contributed by atoms with Crippen LogP contribution in [-0.4, -0.2) is 6.10 Å². The summed E-state index contributed by atoms with van der Waals surface area (Å²) in [5.74, 6) is -0.434. The molecule has 4 nitrogen and oxygen atoms in total. The molecular weight excluding hydrogens is 233 g/mol. The van der Waals surface area contributed by atoms with E-state index in [0.29, 0.717) is 5.69 Å². The van der Waals surface area contributed by atoms with Gasteiger partial charge in [-0.3, -0.25) is 0 Å². The molecule has 1 aromatic carbocycles. The fourth-order valence-corrected chi connectivity index (χ4v) is 1.22. The van der Waals surface area contributed by atoms with Gasteiger partial charge in [0.25, 0.3) is 0 Å². The lowest BCUT2D eigenvalue weighted by Crippen LogP contribution is -2.08. The van der Waals surface area contributed by atoms with Gasteiger partial charge in [-0.25, -0.2) is 4.39 Å². The van der Waals surface area contributed by atoms with Crippen molar-refractivity contribution >= 4 is 5.69 Å². The zero-order chi connectivity index (χ0) is 13.5. The fraction of sp³-hybridized carbons (Fsp3) is 0.231. The van der Waals surface area contributed by atoms with Crippen LogP contribution in [0.25, 0.3) is 0 Å². The molecule has 0 radical (unpaired) electrons. The number of para-hydroxylation sites is 1. The van der Waals surface area contributed by atoms with Gasteiger partial charge in [0.1, 0.15) is 17.7 Å². The smallest absolute Gasteiger partial charge is 0.178 e. The minimum absolute atomic E-state index is 0.0685. The molecule has 0 aliphatic carbocycles. The SMILES string of the molecule is CC(C)Oc1c(F)cccc1NC=C(C#N)C#N. The largest absolute Gasteiger partial charge is 0.486 e. The quantitative estimate of drug-likeness (QED) is 0.828. The van der Waals surface area contributed by atoms with Crippen LogP contribution in [0.4, 0.5) is 10.1 Å². The predicted octanol–water partition coefficient (Wildman–Crippen LogP) is 2.96. The lowest BCUT2D eigenvalue weighted by molar-refractivity contribution is 0.232. The highest BCUT2D eigenvalue weighted by molar-refractivity contribution is 5.59. The molecule has 0 saturated carbocycles. The van der Waals surface area contributed by atoms with Crippen LogP contribution in [-0.2, 0) is 0 Å². The van der Waals surface area contributed by atoms with Crippen LogP contribution in [0.3, 0.4) is 0 Å². The Morgan fingerprint density at radius 1 is 1.39 bits per heavy atom. The highest BCUT2D eigenvalue weighted by Gasteiger charge is 2.10. The Bertz CT molecular complexity index is 522. The minimum Gasteiger partial charge on any atom is -0.486 e. The van der Waals surface area contributed by atoms with E-state index in [9.17, 15) is 4.39 Å². The molecular formula is C13H12FN3O. The van der Waals surface area contributed by atoms with Gasteiger partial charge in [0.05, 0.1) is 11.8 Å². The van der Waals surface area contributed by atoms with Crippen molar-refractivity contribution in [3.8, 4) is 17.9 Å². The number of rotatable bonds is 4. The molecule has 0 aromatic heterocycles. The third kappa shape index (κ3) is 3.50. The molecule has 0 amide bonds. The van der Waals surface area contributed by atoms with Crippen LogP contribution in [0.5, 0.6) is 5.75 Å². The van der Waals surface area contributed by atoms with Crippen molar-refractivity contribution in [2.75, 3.05) is 5.32 Å². The number of hydrogen-bond acceptors (Lipinski definition) is 4. The third-order valence-electron chi connectivity index (χ3n) is 1.93. The van der Waals surface area contributed by atoms with Gasteiger partial charge in [-0.1, -0.05) is 6.07 Å². The molecule has 0 aliphatic heterocycles. The second kappa shape index (κ2) is 6.27. The summed E-state index contributed by atoms with van der Waals surface area (Å²) in [6, 6.07) is 7.79. The Kier molecular flexibility index (Phi) is 4.71. The number of allylic oxidation sites excluding steroid dienone is 1. The van der Waals surface area contributed by atoms with Gasteiger partial charge in [0.15, 0.2) is 11.6 Å². The van der Waals surface area contributed by atoms with Crippen LogP contribution in [0.15, 0.2) is 30.0 Å². The Morgan fingerprint density at radius 3 is 2.61 bits per heavy atom. The predicted molar refractivity (Wildman–Crippen MR) is 65.1 cm³/mol.